The van der Waals surface area contributed by atoms with E-state index in [4.69, 9.17) is 0 Å². The van der Waals surface area contributed by atoms with E-state index in [2.05, 4.69) is 35.9 Å². The lowest BCUT2D eigenvalue weighted by molar-refractivity contribution is 0.0751. The fourth-order valence-corrected chi connectivity index (χ4v) is 4.41. The van der Waals surface area contributed by atoms with Gasteiger partial charge < -0.3 is 9.80 Å². The Morgan fingerprint density at radius 2 is 1.96 bits per heavy atom. The van der Waals surface area contributed by atoms with E-state index in [-0.39, 0.29) is 5.91 Å². The van der Waals surface area contributed by atoms with Gasteiger partial charge >= 0.3 is 0 Å². The number of piperazine rings is 1. The molecule has 0 bridgehead atoms. The molecule has 1 fully saturated rings. The lowest BCUT2D eigenvalue weighted by atomic mass is 10.2. The van der Waals surface area contributed by atoms with Gasteiger partial charge in [-0.15, -0.1) is 11.3 Å². The third kappa shape index (κ3) is 3.02. The van der Waals surface area contributed by atoms with Gasteiger partial charge in [-0.2, -0.15) is 5.10 Å². The zero-order valence-corrected chi connectivity index (χ0v) is 16.3. The summed E-state index contributed by atoms with van der Waals surface area (Å²) in [7, 11) is 1.88. The molecule has 1 aliphatic heterocycles. The second-order valence-corrected chi connectivity index (χ2v) is 8.45. The Balaban J connectivity index is 1.53. The van der Waals surface area contributed by atoms with Gasteiger partial charge in [0, 0.05) is 33.2 Å². The first kappa shape index (κ1) is 16.5. The number of hydrogen-bond donors (Lipinski definition) is 0. The standard InChI is InChI=1S/C16H17BrN6OS/c1-10-19-14-11(9-18-21(14)2)15(20-10)22-5-7-23(8-6-22)16(24)12-3-4-13(17)25-12/h3-4,9H,5-8H2,1-2H3. The van der Waals surface area contributed by atoms with Gasteiger partial charge in [-0.05, 0) is 35.0 Å². The molecule has 0 spiro atoms. The fraction of sp³-hybridized carbons (Fsp3) is 0.375. The van der Waals surface area contributed by atoms with Gasteiger partial charge in [-0.1, -0.05) is 0 Å². The first-order valence-electron chi connectivity index (χ1n) is 7.99. The Morgan fingerprint density at radius 3 is 2.64 bits per heavy atom. The molecule has 1 saturated heterocycles. The zero-order valence-electron chi connectivity index (χ0n) is 13.9. The topological polar surface area (TPSA) is 67.2 Å². The number of thiophene rings is 1. The second kappa shape index (κ2) is 6.38. The number of nitrogens with zero attached hydrogens (tertiary/aromatic N) is 6. The number of fused-ring (bicyclic) bond motifs is 1. The molecule has 1 aliphatic rings. The number of rotatable bonds is 2. The number of halogens is 1. The molecule has 3 aromatic rings. The van der Waals surface area contributed by atoms with Crippen molar-refractivity contribution in [2.45, 2.75) is 6.92 Å². The number of hydrogen-bond acceptors (Lipinski definition) is 6. The quantitative estimate of drug-likeness (QED) is 0.636. The molecule has 0 atom stereocenters. The summed E-state index contributed by atoms with van der Waals surface area (Å²) in [6, 6.07) is 3.79. The van der Waals surface area contributed by atoms with E-state index in [1.165, 1.54) is 11.3 Å². The molecule has 7 nitrogen and oxygen atoms in total. The fourth-order valence-electron chi connectivity index (χ4n) is 3.06. The minimum absolute atomic E-state index is 0.0979. The molecule has 4 heterocycles. The monoisotopic (exact) mass is 420 g/mol. The van der Waals surface area contributed by atoms with E-state index < -0.39 is 0 Å². The van der Waals surface area contributed by atoms with Gasteiger partial charge in [-0.25, -0.2) is 9.97 Å². The maximum Gasteiger partial charge on any atom is 0.264 e. The molecule has 4 rings (SSSR count). The van der Waals surface area contributed by atoms with Crippen LogP contribution >= 0.6 is 27.3 Å². The predicted octanol–water partition coefficient (Wildman–Crippen LogP) is 2.46. The van der Waals surface area contributed by atoms with Crippen molar-refractivity contribution in [2.24, 2.45) is 7.05 Å². The van der Waals surface area contributed by atoms with Crippen LogP contribution in [0.4, 0.5) is 5.82 Å². The highest BCUT2D eigenvalue weighted by molar-refractivity contribution is 9.11. The SMILES string of the molecule is Cc1nc(N2CCN(C(=O)c3ccc(Br)s3)CC2)c2cnn(C)c2n1. The Bertz CT molecular complexity index is 943. The normalized spacial score (nSPS) is 15.2. The maximum atomic E-state index is 12.6. The van der Waals surface area contributed by atoms with Crippen LogP contribution in [0.25, 0.3) is 11.0 Å². The van der Waals surface area contributed by atoms with Crippen molar-refractivity contribution in [2.75, 3.05) is 31.1 Å². The van der Waals surface area contributed by atoms with Crippen LogP contribution in [0.5, 0.6) is 0 Å². The first-order valence-corrected chi connectivity index (χ1v) is 9.60. The molecule has 0 saturated carbocycles. The van der Waals surface area contributed by atoms with E-state index in [9.17, 15) is 4.79 Å². The Hall–Kier alpha value is -2.00. The van der Waals surface area contributed by atoms with Crippen molar-refractivity contribution >= 4 is 50.0 Å². The highest BCUT2D eigenvalue weighted by Crippen LogP contribution is 2.26. The van der Waals surface area contributed by atoms with Gasteiger partial charge in [0.2, 0.25) is 0 Å². The number of amides is 1. The van der Waals surface area contributed by atoms with E-state index >= 15 is 0 Å². The van der Waals surface area contributed by atoms with Crippen LogP contribution in [-0.4, -0.2) is 56.7 Å². The first-order chi connectivity index (χ1) is 12.0. The van der Waals surface area contributed by atoms with Crippen LogP contribution in [-0.2, 0) is 7.05 Å². The highest BCUT2D eigenvalue weighted by atomic mass is 79.9. The summed E-state index contributed by atoms with van der Waals surface area (Å²) in [6.45, 7) is 4.75. The summed E-state index contributed by atoms with van der Waals surface area (Å²) in [5.74, 6) is 1.73. The third-order valence-corrected chi connectivity index (χ3v) is 5.95. The predicted molar refractivity (Wildman–Crippen MR) is 101 cm³/mol. The molecule has 1 amide bonds. The van der Waals surface area contributed by atoms with Gasteiger partial charge in [0.05, 0.1) is 20.2 Å². The van der Waals surface area contributed by atoms with Crippen LogP contribution in [0, 0.1) is 6.92 Å². The Kier molecular flexibility index (Phi) is 4.20. The summed E-state index contributed by atoms with van der Waals surface area (Å²) in [5.41, 5.74) is 0.837. The number of carbonyl (C=O) groups is 1. The zero-order chi connectivity index (χ0) is 17.6. The van der Waals surface area contributed by atoms with Crippen molar-refractivity contribution in [3.05, 3.63) is 32.8 Å². The lowest BCUT2D eigenvalue weighted by Crippen LogP contribution is -2.49. The summed E-state index contributed by atoms with van der Waals surface area (Å²) >= 11 is 4.89. The molecule has 0 aromatic carbocycles. The van der Waals surface area contributed by atoms with Crippen molar-refractivity contribution in [1.82, 2.24) is 24.6 Å². The van der Waals surface area contributed by atoms with Gasteiger partial charge in [0.15, 0.2) is 5.65 Å². The van der Waals surface area contributed by atoms with Crippen LogP contribution in [0.1, 0.15) is 15.5 Å². The van der Waals surface area contributed by atoms with E-state index in [1.54, 1.807) is 4.68 Å². The third-order valence-electron chi connectivity index (χ3n) is 4.33. The summed E-state index contributed by atoms with van der Waals surface area (Å²) in [6.07, 6.45) is 1.81. The van der Waals surface area contributed by atoms with Crippen LogP contribution in [0.2, 0.25) is 0 Å². The van der Waals surface area contributed by atoms with Crippen LogP contribution in [0.3, 0.4) is 0 Å². The number of aryl methyl sites for hydroxylation is 2. The molecular formula is C16H17BrN6OS. The summed E-state index contributed by atoms with van der Waals surface area (Å²) in [4.78, 5) is 26.6. The molecule has 0 unspecified atom stereocenters. The molecule has 3 aromatic heterocycles. The highest BCUT2D eigenvalue weighted by Gasteiger charge is 2.25. The molecule has 0 N–H and O–H groups in total. The second-order valence-electron chi connectivity index (χ2n) is 5.98. The van der Waals surface area contributed by atoms with Crippen LogP contribution < -0.4 is 4.90 Å². The van der Waals surface area contributed by atoms with Crippen LogP contribution in [0.15, 0.2) is 22.1 Å². The largest absolute Gasteiger partial charge is 0.352 e. The smallest absolute Gasteiger partial charge is 0.264 e. The van der Waals surface area contributed by atoms with E-state index in [1.807, 2.05) is 37.2 Å². The minimum atomic E-state index is 0.0979. The molecule has 0 aliphatic carbocycles. The average Bonchev–Trinajstić information content (AvgIpc) is 3.20. The van der Waals surface area contributed by atoms with Crippen molar-refractivity contribution in [3.63, 3.8) is 0 Å². The summed E-state index contributed by atoms with van der Waals surface area (Å²) in [5, 5.41) is 5.25. The molecule has 0 radical (unpaired) electrons. The number of anilines is 1. The molecule has 130 valence electrons. The number of carbonyl (C=O) groups excluding carboxylic acids is 1. The molecular weight excluding hydrogens is 404 g/mol. The van der Waals surface area contributed by atoms with Gasteiger partial charge in [0.25, 0.3) is 5.91 Å². The van der Waals surface area contributed by atoms with Gasteiger partial charge in [-0.3, -0.25) is 9.48 Å². The Morgan fingerprint density at radius 1 is 1.20 bits per heavy atom. The van der Waals surface area contributed by atoms with Crippen molar-refractivity contribution in [1.29, 1.82) is 0 Å². The van der Waals surface area contributed by atoms with E-state index in [0.29, 0.717) is 13.1 Å². The van der Waals surface area contributed by atoms with E-state index in [0.717, 1.165) is 44.4 Å². The van der Waals surface area contributed by atoms with Crippen molar-refractivity contribution < 1.29 is 4.79 Å². The molecule has 25 heavy (non-hydrogen) atoms. The van der Waals surface area contributed by atoms with Gasteiger partial charge in [0.1, 0.15) is 11.6 Å². The summed E-state index contributed by atoms with van der Waals surface area (Å²) < 4.78 is 2.74. The lowest BCUT2D eigenvalue weighted by Gasteiger charge is -2.35. The minimum Gasteiger partial charge on any atom is -0.352 e. The molecule has 9 heteroatoms. The number of aromatic nitrogens is 4. The van der Waals surface area contributed by atoms with Crippen molar-refractivity contribution in [3.8, 4) is 0 Å². The maximum absolute atomic E-state index is 12.6. The average molecular weight is 421 g/mol. The Labute approximate surface area is 157 Å².